The number of hydrogen-bond donors (Lipinski definition) is 4. The molecule has 0 radical (unpaired) electrons. The van der Waals surface area contributed by atoms with Gasteiger partial charge in [0.15, 0.2) is 6.29 Å². The van der Waals surface area contributed by atoms with E-state index in [1.165, 1.54) is 16.3 Å². The zero-order valence-corrected chi connectivity index (χ0v) is 27.1. The van der Waals surface area contributed by atoms with E-state index in [-0.39, 0.29) is 37.2 Å². The van der Waals surface area contributed by atoms with Crippen LogP contribution in [0.2, 0.25) is 0 Å². The first-order valence-corrected chi connectivity index (χ1v) is 16.3. The molecule has 0 bridgehead atoms. The number of amides is 2. The zero-order chi connectivity index (χ0) is 33.2. The van der Waals surface area contributed by atoms with Gasteiger partial charge in [-0.1, -0.05) is 84.9 Å². The van der Waals surface area contributed by atoms with Crippen LogP contribution in [0, 0.1) is 0 Å². The first-order valence-electron chi connectivity index (χ1n) is 16.3. The molecule has 1 fully saturated rings. The SMILES string of the molecule is C[C@H](c1ccc2ccccc2c1)N(C)C[C@H]1C[C@@H](c2ccc(CO)cc2)O[C@@H](c2ccc(CNC(=O)CCCCC(=O)NO)cc2)O1. The van der Waals surface area contributed by atoms with Crippen LogP contribution in [0.3, 0.4) is 0 Å². The lowest BCUT2D eigenvalue weighted by Crippen LogP contribution is -2.38. The lowest BCUT2D eigenvalue weighted by molar-refractivity contribution is -0.253. The van der Waals surface area contributed by atoms with Gasteiger partial charge in [-0.05, 0) is 65.9 Å². The Kier molecular flexibility index (Phi) is 12.1. The van der Waals surface area contributed by atoms with Crippen molar-refractivity contribution < 1.29 is 29.4 Å². The maximum Gasteiger partial charge on any atom is 0.243 e. The average molecular weight is 640 g/mol. The minimum Gasteiger partial charge on any atom is -0.392 e. The Morgan fingerprint density at radius 3 is 2.21 bits per heavy atom. The molecule has 2 amide bonds. The highest BCUT2D eigenvalue weighted by Gasteiger charge is 2.33. The largest absolute Gasteiger partial charge is 0.392 e. The second kappa shape index (κ2) is 16.6. The molecular formula is C38H45N3O6. The molecule has 1 aliphatic rings. The summed E-state index contributed by atoms with van der Waals surface area (Å²) in [6, 6.07) is 31.0. The van der Waals surface area contributed by atoms with E-state index >= 15 is 0 Å². The average Bonchev–Trinajstić information content (AvgIpc) is 3.11. The van der Waals surface area contributed by atoms with E-state index < -0.39 is 12.2 Å². The second-order valence-corrected chi connectivity index (χ2v) is 12.3. The summed E-state index contributed by atoms with van der Waals surface area (Å²) >= 11 is 0. The smallest absolute Gasteiger partial charge is 0.243 e. The summed E-state index contributed by atoms with van der Waals surface area (Å²) in [7, 11) is 2.13. The van der Waals surface area contributed by atoms with Crippen molar-refractivity contribution in [3.63, 3.8) is 0 Å². The van der Waals surface area contributed by atoms with Gasteiger partial charge in [0.2, 0.25) is 11.8 Å². The molecule has 4 atom stereocenters. The number of benzene rings is 4. The Bertz CT molecular complexity index is 1610. The van der Waals surface area contributed by atoms with Crippen molar-refractivity contribution in [1.82, 2.24) is 15.7 Å². The standard InChI is InChI=1S/C38H45N3O6/c1-26(32-20-19-29-7-3-4-8-33(29)21-32)41(2)24-34-22-35(30-15-13-28(25-42)14-16-30)47-38(46-34)31-17-11-27(12-18-31)23-39-36(43)9-5-6-10-37(44)40-45/h3-4,7-8,11-21,26,34-35,38,42,45H,5-6,9-10,22-25H2,1-2H3,(H,39,43)(H,40,44)/t26-,34-,35+,38+/m1/s1. The molecule has 1 heterocycles. The lowest BCUT2D eigenvalue weighted by Gasteiger charge is -2.39. The maximum atomic E-state index is 12.3. The second-order valence-electron chi connectivity index (χ2n) is 12.3. The van der Waals surface area contributed by atoms with Gasteiger partial charge in [-0.25, -0.2) is 5.48 Å². The molecule has 47 heavy (non-hydrogen) atoms. The Balaban J connectivity index is 1.23. The Hall–Kier alpha value is -4.12. The highest BCUT2D eigenvalue weighted by molar-refractivity contribution is 5.83. The molecule has 0 aromatic heterocycles. The molecular weight excluding hydrogens is 594 g/mol. The van der Waals surface area contributed by atoms with Crippen LogP contribution in [0.5, 0.6) is 0 Å². The lowest BCUT2D eigenvalue weighted by atomic mass is 9.98. The Morgan fingerprint density at radius 1 is 0.851 bits per heavy atom. The summed E-state index contributed by atoms with van der Waals surface area (Å²) in [5.74, 6) is -0.534. The third kappa shape index (κ3) is 9.47. The number of hydrogen-bond acceptors (Lipinski definition) is 7. The minimum atomic E-state index is -0.569. The fourth-order valence-corrected chi connectivity index (χ4v) is 5.94. The zero-order valence-electron chi connectivity index (χ0n) is 27.1. The van der Waals surface area contributed by atoms with Crippen LogP contribution < -0.4 is 10.8 Å². The first kappa shape index (κ1) is 34.2. The highest BCUT2D eigenvalue weighted by atomic mass is 16.7. The molecule has 5 rings (SSSR count). The molecule has 0 spiro atoms. The van der Waals surface area contributed by atoms with Gasteiger partial charge in [0.1, 0.15) is 0 Å². The van der Waals surface area contributed by atoms with E-state index in [1.54, 1.807) is 5.48 Å². The topological polar surface area (TPSA) is 120 Å². The van der Waals surface area contributed by atoms with Gasteiger partial charge in [-0.2, -0.15) is 0 Å². The van der Waals surface area contributed by atoms with Crippen molar-refractivity contribution in [1.29, 1.82) is 0 Å². The summed E-state index contributed by atoms with van der Waals surface area (Å²) < 4.78 is 13.1. The van der Waals surface area contributed by atoms with Crippen molar-refractivity contribution in [3.8, 4) is 0 Å². The molecule has 1 aliphatic heterocycles. The number of ether oxygens (including phenoxy) is 2. The number of carbonyl (C=O) groups is 2. The number of aliphatic hydroxyl groups is 1. The maximum absolute atomic E-state index is 12.3. The minimum absolute atomic E-state index is 0.00618. The number of nitrogens with zero attached hydrogens (tertiary/aromatic N) is 1. The van der Waals surface area contributed by atoms with Crippen molar-refractivity contribution >= 4 is 22.6 Å². The molecule has 9 heteroatoms. The van der Waals surface area contributed by atoms with Crippen LogP contribution in [0.25, 0.3) is 10.8 Å². The van der Waals surface area contributed by atoms with Crippen LogP contribution in [0.1, 0.15) is 85.3 Å². The van der Waals surface area contributed by atoms with Gasteiger partial charge in [0, 0.05) is 44.0 Å². The Morgan fingerprint density at radius 2 is 1.51 bits per heavy atom. The van der Waals surface area contributed by atoms with E-state index in [2.05, 4.69) is 66.7 Å². The molecule has 0 unspecified atom stereocenters. The fourth-order valence-electron chi connectivity index (χ4n) is 5.94. The van der Waals surface area contributed by atoms with Crippen LogP contribution in [0.4, 0.5) is 0 Å². The predicted molar refractivity (Wildman–Crippen MR) is 180 cm³/mol. The van der Waals surface area contributed by atoms with Gasteiger partial charge >= 0.3 is 0 Å². The van der Waals surface area contributed by atoms with E-state index in [1.807, 2.05) is 48.5 Å². The monoisotopic (exact) mass is 639 g/mol. The quantitative estimate of drug-likeness (QED) is 0.0731. The van der Waals surface area contributed by atoms with Crippen molar-refractivity contribution in [3.05, 3.63) is 119 Å². The number of aliphatic hydroxyl groups excluding tert-OH is 1. The van der Waals surface area contributed by atoms with Gasteiger partial charge in [0.05, 0.1) is 18.8 Å². The number of unbranched alkanes of at least 4 members (excludes halogenated alkanes) is 1. The predicted octanol–water partition coefficient (Wildman–Crippen LogP) is 6.25. The van der Waals surface area contributed by atoms with Crippen LogP contribution in [-0.4, -0.2) is 46.7 Å². The van der Waals surface area contributed by atoms with Crippen molar-refractivity contribution in [2.45, 2.75) is 76.7 Å². The number of nitrogens with one attached hydrogen (secondary N) is 2. The highest BCUT2D eigenvalue weighted by Crippen LogP contribution is 2.39. The van der Waals surface area contributed by atoms with Crippen LogP contribution in [0.15, 0.2) is 91.0 Å². The molecule has 4 aromatic carbocycles. The fraction of sp³-hybridized carbons (Fsp3) is 0.368. The van der Waals surface area contributed by atoms with E-state index in [0.717, 1.165) is 22.3 Å². The molecule has 1 saturated heterocycles. The summed E-state index contributed by atoms with van der Waals surface area (Å²) in [5.41, 5.74) is 6.60. The summed E-state index contributed by atoms with van der Waals surface area (Å²) in [4.78, 5) is 25.7. The summed E-state index contributed by atoms with van der Waals surface area (Å²) in [6.07, 6.45) is 1.45. The molecule has 4 N–H and O–H groups in total. The molecule has 9 nitrogen and oxygen atoms in total. The van der Waals surface area contributed by atoms with Crippen LogP contribution in [-0.2, 0) is 32.2 Å². The van der Waals surface area contributed by atoms with Gasteiger partial charge in [-0.3, -0.25) is 19.7 Å². The number of carbonyl (C=O) groups excluding carboxylic acids is 2. The van der Waals surface area contributed by atoms with Crippen molar-refractivity contribution in [2.75, 3.05) is 13.6 Å². The molecule has 0 aliphatic carbocycles. The number of likely N-dealkylation sites (N-methyl/N-ethyl adjacent to an activating group) is 1. The van der Waals surface area contributed by atoms with E-state index in [4.69, 9.17) is 14.7 Å². The third-order valence-electron chi connectivity index (χ3n) is 8.95. The van der Waals surface area contributed by atoms with E-state index in [0.29, 0.717) is 38.8 Å². The third-order valence-corrected chi connectivity index (χ3v) is 8.95. The summed E-state index contributed by atoms with van der Waals surface area (Å²) in [6.45, 7) is 3.32. The number of hydroxylamine groups is 1. The molecule has 0 saturated carbocycles. The van der Waals surface area contributed by atoms with Crippen LogP contribution >= 0.6 is 0 Å². The first-order chi connectivity index (χ1) is 22.8. The number of rotatable bonds is 14. The molecule has 4 aromatic rings. The Labute approximate surface area is 276 Å². The van der Waals surface area contributed by atoms with Gasteiger partial charge in [0.25, 0.3) is 0 Å². The van der Waals surface area contributed by atoms with Gasteiger partial charge in [-0.15, -0.1) is 0 Å². The number of fused-ring (bicyclic) bond motifs is 1. The normalized spacial score (nSPS) is 18.6. The van der Waals surface area contributed by atoms with E-state index in [9.17, 15) is 14.7 Å². The summed E-state index contributed by atoms with van der Waals surface area (Å²) in [5, 5.41) is 23.5. The van der Waals surface area contributed by atoms with Crippen molar-refractivity contribution in [2.24, 2.45) is 0 Å². The molecule has 248 valence electrons. The van der Waals surface area contributed by atoms with Gasteiger partial charge < -0.3 is 19.9 Å².